The van der Waals surface area contributed by atoms with Gasteiger partial charge in [0.15, 0.2) is 5.71 Å². The summed E-state index contributed by atoms with van der Waals surface area (Å²) in [7, 11) is -17.8. The first-order chi connectivity index (χ1) is 33.9. The highest BCUT2D eigenvalue weighted by Gasteiger charge is 2.48. The van der Waals surface area contributed by atoms with Gasteiger partial charge in [-0.15, -0.1) is 0 Å². The van der Waals surface area contributed by atoms with Crippen LogP contribution in [0.3, 0.4) is 0 Å². The quantitative estimate of drug-likeness (QED) is 0.0255. The van der Waals surface area contributed by atoms with Crippen LogP contribution >= 0.6 is 0 Å². The highest BCUT2D eigenvalue weighted by molar-refractivity contribution is 7.86. The van der Waals surface area contributed by atoms with Crippen molar-refractivity contribution in [2.75, 3.05) is 42.6 Å². The summed E-state index contributed by atoms with van der Waals surface area (Å²) in [6.07, 6.45) is 27.1. The van der Waals surface area contributed by atoms with Crippen LogP contribution in [0.1, 0.15) is 121 Å². The van der Waals surface area contributed by atoms with Crippen molar-refractivity contribution in [3.63, 3.8) is 0 Å². The molecule has 0 saturated carbocycles. The molecule has 1 aliphatic carbocycles. The van der Waals surface area contributed by atoms with Crippen LogP contribution in [0.15, 0.2) is 118 Å². The van der Waals surface area contributed by atoms with Crippen LogP contribution in [0.2, 0.25) is 0 Å². The summed E-state index contributed by atoms with van der Waals surface area (Å²) in [5, 5.41) is 2.96. The second-order valence-corrected chi connectivity index (χ2v) is 25.0. The first-order valence-electron chi connectivity index (χ1n) is 24.5. The molecule has 0 spiro atoms. The highest BCUT2D eigenvalue weighted by atomic mass is 32.2. The van der Waals surface area contributed by atoms with Crippen molar-refractivity contribution in [1.82, 2.24) is 5.32 Å². The molecule has 2 heterocycles. The zero-order valence-corrected chi connectivity index (χ0v) is 44.4. The Morgan fingerprint density at radius 2 is 1.31 bits per heavy atom. The summed E-state index contributed by atoms with van der Waals surface area (Å²) < 4.78 is 139. The third kappa shape index (κ3) is 16.5. The Balaban J connectivity index is 1.60. The largest absolute Gasteiger partial charge is 0.356 e. The summed E-state index contributed by atoms with van der Waals surface area (Å²) in [4.78, 5) is 14.1. The van der Waals surface area contributed by atoms with Gasteiger partial charge in [-0.3, -0.25) is 23.0 Å². The Bertz CT molecular complexity index is 2960. The van der Waals surface area contributed by atoms with Crippen LogP contribution in [0.5, 0.6) is 0 Å². The summed E-state index contributed by atoms with van der Waals surface area (Å²) in [6.45, 7) is 5.92. The van der Waals surface area contributed by atoms with Crippen LogP contribution in [0.25, 0.3) is 0 Å². The number of unbranched alkanes of at least 4 members (excludes halogenated alkanes) is 6. The number of hydrogen-bond donors (Lipinski definition) is 6. The van der Waals surface area contributed by atoms with Crippen LogP contribution in [-0.2, 0) is 56.1 Å². The van der Waals surface area contributed by atoms with Crippen LogP contribution in [0, 0.1) is 0 Å². The first-order valence-corrected chi connectivity index (χ1v) is 30.6. The molecule has 5 rings (SSSR count). The molecule has 21 heteroatoms. The number of amides is 1. The fourth-order valence-electron chi connectivity index (χ4n) is 9.86. The van der Waals surface area contributed by atoms with Crippen molar-refractivity contribution in [3.8, 4) is 0 Å². The molecule has 2 aromatic rings. The van der Waals surface area contributed by atoms with E-state index >= 15 is 0 Å². The molecule has 0 fully saturated rings. The first kappa shape index (κ1) is 58.3. The lowest BCUT2D eigenvalue weighted by atomic mass is 9.75. The van der Waals surface area contributed by atoms with E-state index in [2.05, 4.69) is 14.8 Å². The van der Waals surface area contributed by atoms with Gasteiger partial charge in [-0.2, -0.15) is 38.2 Å². The zero-order chi connectivity index (χ0) is 52.8. The minimum absolute atomic E-state index is 0.0428. The number of hydrogen-bond acceptors (Lipinski definition) is 11. The van der Waals surface area contributed by atoms with E-state index in [9.17, 15) is 56.7 Å². The standard InChI is InChI=1S/C51H70N4O13S4/c1-50(30-11-16-36-69(57,58)59)43-38-41(71(63,64)65)26-28-45(43)54(34-15-6-10-25-49(56)53-33-14-7-13-32-52)47(50)23-18-24-48-51(2,31-12-17-37-70(60,61)62)44-39-42(72(66,67)68)27-29-46(44)55(48)35-19-22-40-20-8-4-3-5-9-21-40/h3-5,8-9,18,20-21,23-24,26-29,38-39H,6-7,10-17,19,22,25,30-37,52H2,1-2H3,(H4-,53,56,57,58,59,60,61,62,63,64,65,66,67,68)/p+1/b4-3-,5-3?,8-4?,9-5-,20-8-,21-9?,40-20?,40-21+. The van der Waals surface area contributed by atoms with Gasteiger partial charge in [-0.05, 0) is 126 Å². The number of nitrogens with one attached hydrogen (secondary N) is 1. The van der Waals surface area contributed by atoms with Crippen LogP contribution in [0.4, 0.5) is 11.4 Å². The lowest BCUT2D eigenvalue weighted by Gasteiger charge is -2.30. The lowest BCUT2D eigenvalue weighted by molar-refractivity contribution is -0.438. The number of nitrogens with zero attached hydrogens (tertiary/aromatic N) is 2. The number of allylic oxidation sites excluding steroid dienone is 12. The van der Waals surface area contributed by atoms with Crippen molar-refractivity contribution in [3.05, 3.63) is 120 Å². The molecular formula is C51H71N4O13S4+. The van der Waals surface area contributed by atoms with Gasteiger partial charge in [0.2, 0.25) is 11.6 Å². The molecule has 17 nitrogen and oxygen atoms in total. The van der Waals surface area contributed by atoms with E-state index in [1.54, 1.807) is 12.1 Å². The van der Waals surface area contributed by atoms with Crippen molar-refractivity contribution in [1.29, 1.82) is 0 Å². The number of carbonyl (C=O) groups excluding carboxylic acids is 1. The van der Waals surface area contributed by atoms with Gasteiger partial charge < -0.3 is 16.0 Å². The van der Waals surface area contributed by atoms with Gasteiger partial charge >= 0.3 is 0 Å². The molecule has 2 atom stereocenters. The monoisotopic (exact) mass is 1080 g/mol. The topological polar surface area (TPSA) is 279 Å². The maximum absolute atomic E-state index is 12.6. The third-order valence-electron chi connectivity index (χ3n) is 13.6. The zero-order valence-electron chi connectivity index (χ0n) is 41.2. The molecule has 0 aromatic heterocycles. The van der Waals surface area contributed by atoms with Gasteiger partial charge in [-0.25, -0.2) is 0 Å². The van der Waals surface area contributed by atoms with Gasteiger partial charge in [0, 0.05) is 60.4 Å². The highest BCUT2D eigenvalue weighted by Crippen LogP contribution is 2.52. The number of nitrogens with two attached hydrogens (primary N) is 1. The Hall–Kier alpha value is -4.58. The fourth-order valence-corrected chi connectivity index (χ4v) is 12.0. The number of fused-ring (bicyclic) bond motifs is 2. The Morgan fingerprint density at radius 1 is 0.694 bits per heavy atom. The lowest BCUT2D eigenvalue weighted by Crippen LogP contribution is -2.32. The number of anilines is 1. The van der Waals surface area contributed by atoms with Crippen LogP contribution < -0.4 is 16.0 Å². The molecule has 2 aromatic carbocycles. The molecule has 0 bridgehead atoms. The fraction of sp³-hybridized carbons (Fsp3) is 0.490. The second-order valence-electron chi connectivity index (χ2n) is 19.0. The molecule has 72 heavy (non-hydrogen) atoms. The van der Waals surface area contributed by atoms with E-state index in [1.807, 2.05) is 74.6 Å². The van der Waals surface area contributed by atoms with E-state index in [1.165, 1.54) is 24.3 Å². The molecule has 0 radical (unpaired) electrons. The number of rotatable bonds is 29. The average molecular weight is 1080 g/mol. The van der Waals surface area contributed by atoms with E-state index < -0.39 is 62.8 Å². The smallest absolute Gasteiger partial charge is 0.294 e. The maximum Gasteiger partial charge on any atom is 0.294 e. The van der Waals surface area contributed by atoms with Crippen molar-refractivity contribution in [2.24, 2.45) is 5.73 Å². The molecule has 2 aliphatic heterocycles. The summed E-state index contributed by atoms with van der Waals surface area (Å²) in [6, 6.07) is 8.81. The van der Waals surface area contributed by atoms with Gasteiger partial charge in [0.25, 0.3) is 40.5 Å². The van der Waals surface area contributed by atoms with E-state index in [4.69, 9.17) is 5.73 Å². The minimum atomic E-state index is -4.65. The van der Waals surface area contributed by atoms with E-state index in [-0.39, 0.29) is 28.5 Å². The minimum Gasteiger partial charge on any atom is -0.356 e. The molecular weight excluding hydrogens is 1000 g/mol. The van der Waals surface area contributed by atoms with Crippen molar-refractivity contribution < 1.29 is 61.3 Å². The van der Waals surface area contributed by atoms with Crippen molar-refractivity contribution >= 4 is 63.5 Å². The Morgan fingerprint density at radius 3 is 1.96 bits per heavy atom. The molecule has 2 unspecified atom stereocenters. The Labute approximate surface area is 426 Å². The average Bonchev–Trinajstić information content (AvgIpc) is 3.65. The summed E-state index contributed by atoms with van der Waals surface area (Å²) in [5.41, 5.74) is 8.70. The normalized spacial score (nSPS) is 21.8. The Kier molecular flexibility index (Phi) is 20.7. The van der Waals surface area contributed by atoms with Gasteiger partial charge in [-0.1, -0.05) is 74.3 Å². The van der Waals surface area contributed by atoms with Crippen molar-refractivity contribution in [2.45, 2.75) is 131 Å². The summed E-state index contributed by atoms with van der Waals surface area (Å²) >= 11 is 0. The van der Waals surface area contributed by atoms with Gasteiger partial charge in [0.05, 0.1) is 26.7 Å². The summed E-state index contributed by atoms with van der Waals surface area (Å²) in [5.74, 6) is -1.00. The molecule has 7 N–H and O–H groups in total. The molecule has 0 saturated heterocycles. The third-order valence-corrected chi connectivity index (χ3v) is 16.9. The molecule has 396 valence electrons. The predicted octanol–water partition coefficient (Wildman–Crippen LogP) is 8.06. The van der Waals surface area contributed by atoms with E-state index in [0.717, 1.165) is 36.2 Å². The van der Waals surface area contributed by atoms with Crippen LogP contribution in [-0.4, -0.2) is 106 Å². The SMILES string of the molecule is CC1(CCCCS(=O)(=O)O)C(/C=C/C=C2/N(CCCCCC(=O)NCCCCCN)c3ccc(S(=O)(=O)O)cc3C2(C)CCCCS(=O)(=O)O)=[N+](CCCC2=C/C=C\C=C/C=C\2)c2ccc(S(=O)(=O)O)cc21. The molecule has 3 aliphatic rings. The van der Waals surface area contributed by atoms with E-state index in [0.29, 0.717) is 113 Å². The predicted molar refractivity (Wildman–Crippen MR) is 281 cm³/mol. The molecule has 1 amide bonds. The number of benzene rings is 2. The number of carbonyl (C=O) groups is 1. The second kappa shape index (κ2) is 25.6. The maximum atomic E-state index is 12.6. The van der Waals surface area contributed by atoms with Gasteiger partial charge in [0.1, 0.15) is 6.54 Å².